The zero-order valence-electron chi connectivity index (χ0n) is 15.6. The van der Waals surface area contributed by atoms with Crippen molar-refractivity contribution in [2.45, 2.75) is 5.16 Å². The number of halogens is 1. The Kier molecular flexibility index (Phi) is 6.11. The molecule has 0 fully saturated rings. The summed E-state index contributed by atoms with van der Waals surface area (Å²) in [6.45, 7) is 0. The Hall–Kier alpha value is -2.71. The van der Waals surface area contributed by atoms with E-state index < -0.39 is 0 Å². The molecule has 0 saturated heterocycles. The van der Waals surface area contributed by atoms with E-state index in [2.05, 4.69) is 10.2 Å². The van der Waals surface area contributed by atoms with Gasteiger partial charge in [-0.25, -0.2) is 0 Å². The van der Waals surface area contributed by atoms with Crippen molar-refractivity contribution >= 4 is 29.9 Å². The van der Waals surface area contributed by atoms with Crippen molar-refractivity contribution in [3.05, 3.63) is 48.0 Å². The van der Waals surface area contributed by atoms with Crippen molar-refractivity contribution in [1.29, 1.82) is 0 Å². The monoisotopic (exact) mass is 418 g/mol. The summed E-state index contributed by atoms with van der Waals surface area (Å²) in [7, 11) is 4.89. The van der Waals surface area contributed by atoms with Crippen LogP contribution in [0.1, 0.15) is 5.56 Å². The van der Waals surface area contributed by atoms with Gasteiger partial charge in [0.15, 0.2) is 5.82 Å². The number of benzene rings is 2. The van der Waals surface area contributed by atoms with Gasteiger partial charge in [-0.1, -0.05) is 11.8 Å². The molecule has 0 saturated carbocycles. The van der Waals surface area contributed by atoms with Crippen molar-refractivity contribution in [3.8, 4) is 28.6 Å². The first-order chi connectivity index (χ1) is 13.2. The molecule has 28 heavy (non-hydrogen) atoms. The lowest BCUT2D eigenvalue weighted by Gasteiger charge is -2.15. The normalized spacial score (nSPS) is 12.5. The Labute approximate surface area is 173 Å². The third kappa shape index (κ3) is 3.65. The van der Waals surface area contributed by atoms with Gasteiger partial charge in [0.05, 0.1) is 32.6 Å². The van der Waals surface area contributed by atoms with E-state index in [0.717, 1.165) is 33.5 Å². The van der Waals surface area contributed by atoms with Crippen LogP contribution in [0.15, 0.2) is 52.7 Å². The number of rotatable bonds is 5. The fourth-order valence-electron chi connectivity index (χ4n) is 2.80. The fourth-order valence-corrected chi connectivity index (χ4v) is 3.64. The van der Waals surface area contributed by atoms with Crippen molar-refractivity contribution in [2.24, 2.45) is 5.10 Å². The molecular formula is C19H19ClN4O3S. The van der Waals surface area contributed by atoms with Crippen LogP contribution in [0.4, 0.5) is 0 Å². The Morgan fingerprint density at radius 3 is 2.29 bits per heavy atom. The summed E-state index contributed by atoms with van der Waals surface area (Å²) in [5.41, 5.74) is 2.79. The van der Waals surface area contributed by atoms with E-state index in [-0.39, 0.29) is 12.4 Å². The lowest BCUT2D eigenvalue weighted by atomic mass is 10.1. The zero-order valence-corrected chi connectivity index (χ0v) is 17.2. The third-order valence-corrected chi connectivity index (χ3v) is 5.17. The van der Waals surface area contributed by atoms with Crippen LogP contribution in [-0.2, 0) is 0 Å². The Morgan fingerprint density at radius 1 is 0.893 bits per heavy atom. The molecule has 0 N–H and O–H groups in total. The van der Waals surface area contributed by atoms with Gasteiger partial charge < -0.3 is 14.2 Å². The van der Waals surface area contributed by atoms with E-state index in [0.29, 0.717) is 17.3 Å². The second-order valence-corrected chi connectivity index (χ2v) is 6.69. The van der Waals surface area contributed by atoms with Crippen LogP contribution >= 0.6 is 24.2 Å². The highest BCUT2D eigenvalue weighted by Gasteiger charge is 2.22. The number of ether oxygens (including phenoxy) is 3. The predicted molar refractivity (Wildman–Crippen MR) is 111 cm³/mol. The summed E-state index contributed by atoms with van der Waals surface area (Å²) in [4.78, 5) is 0. The summed E-state index contributed by atoms with van der Waals surface area (Å²) in [5, 5.41) is 14.1. The van der Waals surface area contributed by atoms with Crippen LogP contribution in [-0.4, -0.2) is 47.7 Å². The Morgan fingerprint density at radius 2 is 1.61 bits per heavy atom. The highest BCUT2D eigenvalue weighted by molar-refractivity contribution is 7.99. The van der Waals surface area contributed by atoms with E-state index >= 15 is 0 Å². The molecule has 0 unspecified atom stereocenters. The van der Waals surface area contributed by atoms with E-state index in [1.807, 2.05) is 42.5 Å². The molecule has 146 valence electrons. The topological polar surface area (TPSA) is 70.8 Å². The molecule has 1 aromatic heterocycles. The largest absolute Gasteiger partial charge is 0.497 e. The first kappa shape index (κ1) is 20.0. The number of hydrogen-bond acceptors (Lipinski definition) is 7. The molecule has 0 amide bonds. The maximum absolute atomic E-state index is 5.51. The maximum Gasteiger partial charge on any atom is 0.212 e. The molecular weight excluding hydrogens is 400 g/mol. The quantitative estimate of drug-likeness (QED) is 0.628. The predicted octanol–water partition coefficient (Wildman–Crippen LogP) is 3.75. The molecule has 0 atom stereocenters. The number of methoxy groups -OCH3 is 3. The Balaban J connectivity index is 0.00000225. The smallest absolute Gasteiger partial charge is 0.212 e. The molecule has 0 spiro atoms. The molecule has 7 nitrogen and oxygen atoms in total. The SMILES string of the molecule is COc1ccc(C2=Nn3c(nnc3-c3ccc(OC)cc3OC)SC2)cc1.Cl. The molecule has 0 radical (unpaired) electrons. The number of aromatic nitrogens is 3. The highest BCUT2D eigenvalue weighted by atomic mass is 35.5. The third-order valence-electron chi connectivity index (χ3n) is 4.24. The lowest BCUT2D eigenvalue weighted by molar-refractivity contribution is 0.395. The minimum absolute atomic E-state index is 0. The van der Waals surface area contributed by atoms with Gasteiger partial charge in [-0.15, -0.1) is 22.6 Å². The molecule has 3 aromatic rings. The van der Waals surface area contributed by atoms with Crippen LogP contribution in [0, 0.1) is 0 Å². The first-order valence-corrected chi connectivity index (χ1v) is 9.25. The molecule has 1 aliphatic heterocycles. The lowest BCUT2D eigenvalue weighted by Crippen LogP contribution is -2.13. The molecule has 2 heterocycles. The molecule has 0 aliphatic carbocycles. The average molecular weight is 419 g/mol. The molecule has 9 heteroatoms. The Bertz CT molecular complexity index is 1000. The molecule has 4 rings (SSSR count). The summed E-state index contributed by atoms with van der Waals surface area (Å²) in [5.74, 6) is 3.54. The summed E-state index contributed by atoms with van der Waals surface area (Å²) < 4.78 is 17.8. The molecule has 2 aromatic carbocycles. The van der Waals surface area contributed by atoms with Gasteiger partial charge in [-0.05, 0) is 42.0 Å². The van der Waals surface area contributed by atoms with Crippen LogP contribution < -0.4 is 14.2 Å². The summed E-state index contributed by atoms with van der Waals surface area (Å²) >= 11 is 1.60. The fraction of sp³-hybridized carbons (Fsp3) is 0.211. The van der Waals surface area contributed by atoms with Crippen molar-refractivity contribution < 1.29 is 14.2 Å². The van der Waals surface area contributed by atoms with E-state index in [1.165, 1.54) is 0 Å². The second-order valence-electron chi connectivity index (χ2n) is 5.75. The standard InChI is InChI=1S/C19H18N4O3S.ClH/c1-24-13-6-4-12(5-7-13)16-11-27-19-21-20-18(23(19)22-16)15-9-8-14(25-2)10-17(15)26-3;/h4-10H,11H2,1-3H3;1H. The number of nitrogens with zero attached hydrogens (tertiary/aromatic N) is 4. The van der Waals surface area contributed by atoms with Gasteiger partial charge in [0, 0.05) is 11.8 Å². The zero-order chi connectivity index (χ0) is 18.8. The number of thioether (sulfide) groups is 1. The van der Waals surface area contributed by atoms with E-state index in [9.17, 15) is 0 Å². The average Bonchev–Trinajstić information content (AvgIpc) is 3.16. The summed E-state index contributed by atoms with van der Waals surface area (Å²) in [6.07, 6.45) is 0. The van der Waals surface area contributed by atoms with E-state index in [1.54, 1.807) is 37.8 Å². The molecule has 1 aliphatic rings. The van der Waals surface area contributed by atoms with Crippen LogP contribution in [0.2, 0.25) is 0 Å². The van der Waals surface area contributed by atoms with Gasteiger partial charge in [-0.2, -0.15) is 9.78 Å². The van der Waals surface area contributed by atoms with Crippen molar-refractivity contribution in [3.63, 3.8) is 0 Å². The number of hydrogen-bond donors (Lipinski definition) is 0. The van der Waals surface area contributed by atoms with Crippen LogP contribution in [0.5, 0.6) is 17.2 Å². The van der Waals surface area contributed by atoms with Gasteiger partial charge in [-0.3, -0.25) is 0 Å². The van der Waals surface area contributed by atoms with Crippen molar-refractivity contribution in [1.82, 2.24) is 14.9 Å². The minimum Gasteiger partial charge on any atom is -0.497 e. The minimum atomic E-state index is 0. The van der Waals surface area contributed by atoms with Gasteiger partial charge in [0.1, 0.15) is 17.2 Å². The summed E-state index contributed by atoms with van der Waals surface area (Å²) in [6, 6.07) is 13.4. The maximum atomic E-state index is 5.51. The van der Waals surface area contributed by atoms with E-state index in [4.69, 9.17) is 19.3 Å². The number of fused-ring (bicyclic) bond motifs is 1. The van der Waals surface area contributed by atoms with Gasteiger partial charge >= 0.3 is 0 Å². The second kappa shape index (κ2) is 8.53. The molecule has 0 bridgehead atoms. The highest BCUT2D eigenvalue weighted by Crippen LogP contribution is 2.35. The van der Waals surface area contributed by atoms with Crippen molar-refractivity contribution in [2.75, 3.05) is 27.1 Å². The van der Waals surface area contributed by atoms with Gasteiger partial charge in [0.2, 0.25) is 5.16 Å². The first-order valence-electron chi connectivity index (χ1n) is 8.26. The van der Waals surface area contributed by atoms with Gasteiger partial charge in [0.25, 0.3) is 0 Å². The van der Waals surface area contributed by atoms with Crippen LogP contribution in [0.25, 0.3) is 11.4 Å². The van der Waals surface area contributed by atoms with Crippen LogP contribution in [0.3, 0.4) is 0 Å².